The Labute approximate surface area is 149 Å². The zero-order valence-electron chi connectivity index (χ0n) is 15.5. The molecule has 2 aromatic rings. The Kier molecular flexibility index (Phi) is 2.88. The monoisotopic (exact) mass is 334 g/mol. The van der Waals surface area contributed by atoms with Crippen molar-refractivity contribution >= 4 is 11.4 Å². The Balaban J connectivity index is 1.56. The molecule has 130 valence electrons. The van der Waals surface area contributed by atoms with Crippen molar-refractivity contribution in [2.45, 2.75) is 39.5 Å². The lowest BCUT2D eigenvalue weighted by atomic mass is 9.70. The Bertz CT molecular complexity index is 891. The Morgan fingerprint density at radius 1 is 1.24 bits per heavy atom. The summed E-state index contributed by atoms with van der Waals surface area (Å²) >= 11 is 0. The van der Waals surface area contributed by atoms with Crippen LogP contribution in [0.2, 0.25) is 0 Å². The number of anilines is 1. The zero-order chi connectivity index (χ0) is 17.4. The molecule has 3 atom stereocenters. The molecule has 1 fully saturated rings. The highest BCUT2D eigenvalue weighted by Crippen LogP contribution is 2.66. The molecule has 1 N–H and O–H groups in total. The van der Waals surface area contributed by atoms with E-state index in [1.807, 2.05) is 17.9 Å². The van der Waals surface area contributed by atoms with E-state index in [4.69, 9.17) is 4.98 Å². The third-order valence-electron chi connectivity index (χ3n) is 7.37. The number of nitrogens with zero attached hydrogens (tertiary/aromatic N) is 3. The third kappa shape index (κ3) is 1.94. The normalized spacial score (nSPS) is 31.8. The molecule has 0 amide bonds. The molecule has 0 saturated heterocycles. The average Bonchev–Trinajstić information content (AvgIpc) is 3.28. The summed E-state index contributed by atoms with van der Waals surface area (Å²) in [4.78, 5) is 4.76. The first-order valence-electron chi connectivity index (χ1n) is 9.34. The van der Waals surface area contributed by atoms with Crippen molar-refractivity contribution in [2.75, 3.05) is 11.9 Å². The number of fused-ring (bicyclic) bond motifs is 3. The molecule has 4 nitrogen and oxygen atoms in total. The quantitative estimate of drug-likeness (QED) is 0.894. The SMILES string of the molecule is Cn1cc(C2CNc3ncc(C4=C[C@]5(C)CCC4C5(C)C)cc32)cn1. The maximum Gasteiger partial charge on any atom is 0.129 e. The Morgan fingerprint density at radius 3 is 2.72 bits per heavy atom. The molecule has 3 heterocycles. The Hall–Kier alpha value is -2.10. The van der Waals surface area contributed by atoms with E-state index < -0.39 is 0 Å². The highest BCUT2D eigenvalue weighted by molar-refractivity contribution is 5.75. The summed E-state index contributed by atoms with van der Waals surface area (Å²) in [6.45, 7) is 8.22. The van der Waals surface area contributed by atoms with E-state index in [1.165, 1.54) is 35.1 Å². The van der Waals surface area contributed by atoms with E-state index in [9.17, 15) is 0 Å². The van der Waals surface area contributed by atoms with Gasteiger partial charge in [0.15, 0.2) is 0 Å². The lowest BCUT2D eigenvalue weighted by Gasteiger charge is -2.34. The Morgan fingerprint density at radius 2 is 2.08 bits per heavy atom. The van der Waals surface area contributed by atoms with E-state index in [-0.39, 0.29) is 0 Å². The van der Waals surface area contributed by atoms with Crippen LogP contribution in [0.25, 0.3) is 5.57 Å². The average molecular weight is 334 g/mol. The van der Waals surface area contributed by atoms with Crippen LogP contribution in [0.4, 0.5) is 5.82 Å². The third-order valence-corrected chi connectivity index (χ3v) is 7.37. The fourth-order valence-electron chi connectivity index (χ4n) is 5.34. The van der Waals surface area contributed by atoms with Gasteiger partial charge >= 0.3 is 0 Å². The molecule has 4 heteroatoms. The molecule has 2 bridgehead atoms. The minimum Gasteiger partial charge on any atom is -0.369 e. The van der Waals surface area contributed by atoms with E-state index >= 15 is 0 Å². The molecule has 0 radical (unpaired) electrons. The molecule has 2 aromatic heterocycles. The molecule has 2 unspecified atom stereocenters. The van der Waals surface area contributed by atoms with Gasteiger partial charge in [0.25, 0.3) is 0 Å². The first kappa shape index (κ1) is 15.2. The van der Waals surface area contributed by atoms with Crippen LogP contribution in [0.15, 0.2) is 30.7 Å². The highest BCUT2D eigenvalue weighted by atomic mass is 15.2. The van der Waals surface area contributed by atoms with Crippen LogP contribution in [0.3, 0.4) is 0 Å². The summed E-state index contributed by atoms with van der Waals surface area (Å²) in [5.74, 6) is 2.04. The van der Waals surface area contributed by atoms with Gasteiger partial charge in [0.05, 0.1) is 6.20 Å². The van der Waals surface area contributed by atoms with Crippen molar-refractivity contribution in [1.29, 1.82) is 0 Å². The second kappa shape index (κ2) is 4.75. The van der Waals surface area contributed by atoms with Crippen molar-refractivity contribution in [3.63, 3.8) is 0 Å². The molecule has 3 aliphatic rings. The van der Waals surface area contributed by atoms with Crippen molar-refractivity contribution in [3.8, 4) is 0 Å². The minimum atomic E-state index is 0.326. The molecular weight excluding hydrogens is 308 g/mol. The van der Waals surface area contributed by atoms with Crippen LogP contribution < -0.4 is 5.32 Å². The number of rotatable bonds is 2. The van der Waals surface area contributed by atoms with Gasteiger partial charge in [-0.05, 0) is 52.4 Å². The lowest BCUT2D eigenvalue weighted by Crippen LogP contribution is -2.27. The smallest absolute Gasteiger partial charge is 0.129 e. The molecule has 25 heavy (non-hydrogen) atoms. The first-order chi connectivity index (χ1) is 11.9. The largest absolute Gasteiger partial charge is 0.369 e. The van der Waals surface area contributed by atoms with Crippen LogP contribution in [0.1, 0.15) is 56.2 Å². The summed E-state index contributed by atoms with van der Waals surface area (Å²) in [7, 11) is 1.98. The molecule has 0 spiro atoms. The van der Waals surface area contributed by atoms with Gasteiger partial charge in [0, 0.05) is 37.5 Å². The summed E-state index contributed by atoms with van der Waals surface area (Å²) < 4.78 is 1.88. The van der Waals surface area contributed by atoms with Gasteiger partial charge in [0.1, 0.15) is 5.82 Å². The molecule has 0 aromatic carbocycles. The molecule has 1 saturated carbocycles. The number of aryl methyl sites for hydroxylation is 1. The van der Waals surface area contributed by atoms with Gasteiger partial charge in [-0.2, -0.15) is 5.10 Å². The fraction of sp³-hybridized carbons (Fsp3) is 0.524. The second-order valence-corrected chi connectivity index (χ2v) is 8.87. The van der Waals surface area contributed by atoms with Crippen LogP contribution >= 0.6 is 0 Å². The summed E-state index contributed by atoms with van der Waals surface area (Å²) in [6, 6.07) is 2.38. The number of allylic oxidation sites excluding steroid dienone is 2. The van der Waals surface area contributed by atoms with E-state index in [1.54, 1.807) is 0 Å². The van der Waals surface area contributed by atoms with Gasteiger partial charge in [-0.25, -0.2) is 4.98 Å². The van der Waals surface area contributed by atoms with Crippen molar-refractivity contribution in [2.24, 2.45) is 23.8 Å². The second-order valence-electron chi connectivity index (χ2n) is 8.87. The number of hydrogen-bond acceptors (Lipinski definition) is 3. The van der Waals surface area contributed by atoms with E-state index in [2.05, 4.69) is 55.7 Å². The van der Waals surface area contributed by atoms with Crippen molar-refractivity contribution < 1.29 is 0 Å². The summed E-state index contributed by atoms with van der Waals surface area (Å²) in [6.07, 6.45) is 11.3. The maximum atomic E-state index is 4.76. The summed E-state index contributed by atoms with van der Waals surface area (Å²) in [5.41, 5.74) is 6.10. The topological polar surface area (TPSA) is 42.7 Å². The summed E-state index contributed by atoms with van der Waals surface area (Å²) in [5, 5.41) is 7.82. The lowest BCUT2D eigenvalue weighted by molar-refractivity contribution is 0.183. The van der Waals surface area contributed by atoms with Crippen LogP contribution in [-0.4, -0.2) is 21.3 Å². The number of nitrogens with one attached hydrogen (secondary N) is 1. The number of pyridine rings is 1. The van der Waals surface area contributed by atoms with Gasteiger partial charge in [0.2, 0.25) is 0 Å². The fourth-order valence-corrected chi connectivity index (χ4v) is 5.34. The zero-order valence-corrected chi connectivity index (χ0v) is 15.5. The first-order valence-corrected chi connectivity index (χ1v) is 9.34. The molecule has 2 aliphatic carbocycles. The van der Waals surface area contributed by atoms with Gasteiger partial charge in [-0.3, -0.25) is 4.68 Å². The minimum absolute atomic E-state index is 0.326. The number of aromatic nitrogens is 3. The van der Waals surface area contributed by atoms with Crippen molar-refractivity contribution in [3.05, 3.63) is 47.4 Å². The van der Waals surface area contributed by atoms with Crippen LogP contribution in [0, 0.1) is 16.7 Å². The maximum absolute atomic E-state index is 4.76. The molecule has 1 aliphatic heterocycles. The van der Waals surface area contributed by atoms with Gasteiger partial charge in [-0.15, -0.1) is 0 Å². The van der Waals surface area contributed by atoms with Crippen LogP contribution in [-0.2, 0) is 7.05 Å². The predicted molar refractivity (Wildman–Crippen MR) is 100 cm³/mol. The number of hydrogen-bond donors (Lipinski definition) is 1. The van der Waals surface area contributed by atoms with E-state index in [0.29, 0.717) is 22.7 Å². The van der Waals surface area contributed by atoms with E-state index in [0.717, 1.165) is 12.4 Å². The standard InChI is InChI=1S/C21H26N4/c1-20(2)18-5-6-21(20,3)8-16(18)13-7-15-17(11-23-19(15)22-9-13)14-10-24-25(4)12-14/h7-10,12,17-18H,5-6,11H2,1-4H3,(H,22,23)/t17?,18?,21-/m0/s1. The van der Waals surface area contributed by atoms with Crippen LogP contribution in [0.5, 0.6) is 0 Å². The van der Waals surface area contributed by atoms with Gasteiger partial charge < -0.3 is 5.32 Å². The highest BCUT2D eigenvalue weighted by Gasteiger charge is 2.56. The predicted octanol–water partition coefficient (Wildman–Crippen LogP) is 4.21. The molecule has 5 rings (SSSR count). The van der Waals surface area contributed by atoms with Gasteiger partial charge in [-0.1, -0.05) is 26.8 Å². The molecular formula is C21H26N4. The van der Waals surface area contributed by atoms with Crippen molar-refractivity contribution in [1.82, 2.24) is 14.8 Å².